The highest BCUT2D eigenvalue weighted by atomic mass is 79.9. The second-order valence-corrected chi connectivity index (χ2v) is 18.0. The minimum atomic E-state index is -5.08. The Hall–Kier alpha value is -4.57. The number of amides is 2. The van der Waals surface area contributed by atoms with Gasteiger partial charge in [-0.05, 0) is 127 Å². The molecule has 15 heteroatoms. The average Bonchev–Trinajstić information content (AvgIpc) is 3.23. The Kier molecular flexibility index (Phi) is 16.9. The molecule has 0 aromatic heterocycles. The number of hydrogen-bond acceptors (Lipinski definition) is 6. The van der Waals surface area contributed by atoms with Crippen LogP contribution in [0.25, 0.3) is 11.1 Å². The number of carbonyl (C=O) groups excluding carboxylic acids is 2. The Labute approximate surface area is 358 Å². The number of aliphatic carboxylic acids is 1. The average molecular weight is 914 g/mol. The summed E-state index contributed by atoms with van der Waals surface area (Å²) in [6, 6.07) is 30.3. The molecule has 2 fully saturated rings. The van der Waals surface area contributed by atoms with Crippen molar-refractivity contribution in [1.82, 2.24) is 15.1 Å². The monoisotopic (exact) mass is 912 g/mol. The lowest BCUT2D eigenvalue weighted by Crippen LogP contribution is -2.38. The van der Waals surface area contributed by atoms with Crippen LogP contribution in [0.5, 0.6) is 0 Å². The number of primary sulfonamides is 1. The van der Waals surface area contributed by atoms with Crippen LogP contribution in [0.2, 0.25) is 0 Å². The fraction of sp³-hybridized carbons (Fsp3) is 0.400. The molecule has 0 aliphatic carbocycles. The SMILES string of the molecule is NS(=O)(=O)c1ccc(CCN(Cc2cccc(-c3cccc(C(=O)N4CCC(CCCC5CCNCC5)CC4)c3)c2)C(=O)Cc2ccc(Br)cc2)cc1.O=C(O)C(F)(F)F. The summed E-state index contributed by atoms with van der Waals surface area (Å²) >= 11 is 3.47. The van der Waals surface area contributed by atoms with Crippen LogP contribution in [0.1, 0.15) is 72.0 Å². The first-order valence-electron chi connectivity index (χ1n) is 20.2. The zero-order valence-electron chi connectivity index (χ0n) is 33.4. The lowest BCUT2D eigenvalue weighted by Gasteiger charge is -2.32. The summed E-state index contributed by atoms with van der Waals surface area (Å²) in [5, 5.41) is 15.9. The third-order valence-electron chi connectivity index (χ3n) is 11.1. The number of nitrogens with two attached hydrogens (primary N) is 1. The summed E-state index contributed by atoms with van der Waals surface area (Å²) in [4.78, 5) is 40.2. The highest BCUT2D eigenvalue weighted by molar-refractivity contribution is 9.10. The molecule has 4 N–H and O–H groups in total. The molecule has 2 aliphatic rings. The van der Waals surface area contributed by atoms with E-state index in [-0.39, 0.29) is 23.1 Å². The molecule has 4 aromatic carbocycles. The molecule has 2 aliphatic heterocycles. The van der Waals surface area contributed by atoms with Gasteiger partial charge >= 0.3 is 12.1 Å². The maximum atomic E-state index is 13.7. The predicted molar refractivity (Wildman–Crippen MR) is 228 cm³/mol. The van der Waals surface area contributed by atoms with Crippen LogP contribution >= 0.6 is 15.9 Å². The Morgan fingerprint density at radius 1 is 0.800 bits per heavy atom. The van der Waals surface area contributed by atoms with Crippen molar-refractivity contribution in [3.63, 3.8) is 0 Å². The molecule has 0 radical (unpaired) electrons. The summed E-state index contributed by atoms with van der Waals surface area (Å²) in [6.45, 7) is 4.82. The predicted octanol–water partition coefficient (Wildman–Crippen LogP) is 8.23. The summed E-state index contributed by atoms with van der Waals surface area (Å²) < 4.78 is 56.2. The lowest BCUT2D eigenvalue weighted by atomic mass is 9.87. The number of likely N-dealkylation sites (tertiary alicyclic amines) is 1. The Morgan fingerprint density at radius 3 is 1.97 bits per heavy atom. The van der Waals surface area contributed by atoms with Crippen molar-refractivity contribution in [3.05, 3.63) is 124 Å². The Balaban J connectivity index is 0.000000896. The number of rotatable bonds is 14. The third-order valence-corrected chi connectivity index (χ3v) is 12.6. The minimum absolute atomic E-state index is 0.00276. The number of carbonyl (C=O) groups is 3. The van der Waals surface area contributed by atoms with Crippen molar-refractivity contribution >= 4 is 43.7 Å². The van der Waals surface area contributed by atoms with Gasteiger partial charge in [0.1, 0.15) is 0 Å². The van der Waals surface area contributed by atoms with Gasteiger partial charge in [0.25, 0.3) is 5.91 Å². The van der Waals surface area contributed by atoms with Crippen molar-refractivity contribution < 1.29 is 41.1 Å². The largest absolute Gasteiger partial charge is 0.490 e. The van der Waals surface area contributed by atoms with E-state index in [9.17, 15) is 31.2 Å². The lowest BCUT2D eigenvalue weighted by molar-refractivity contribution is -0.192. The van der Waals surface area contributed by atoms with Gasteiger partial charge < -0.3 is 20.2 Å². The van der Waals surface area contributed by atoms with Crippen LogP contribution in [0.3, 0.4) is 0 Å². The van der Waals surface area contributed by atoms with Crippen LogP contribution in [0.15, 0.2) is 106 Å². The molecule has 2 saturated heterocycles. The molecule has 322 valence electrons. The highest BCUT2D eigenvalue weighted by Crippen LogP contribution is 2.28. The number of alkyl halides is 3. The van der Waals surface area contributed by atoms with Gasteiger partial charge in [-0.1, -0.05) is 89.8 Å². The summed E-state index contributed by atoms with van der Waals surface area (Å²) in [5.74, 6) is -1.07. The Bertz CT molecular complexity index is 2160. The topological polar surface area (TPSA) is 150 Å². The molecule has 2 heterocycles. The maximum absolute atomic E-state index is 13.7. The molecular formula is C45H52BrF3N4O6S. The van der Waals surface area contributed by atoms with Crippen LogP contribution in [0, 0.1) is 11.8 Å². The Morgan fingerprint density at radius 2 is 1.37 bits per heavy atom. The number of piperidine rings is 2. The molecular weight excluding hydrogens is 861 g/mol. The summed E-state index contributed by atoms with van der Waals surface area (Å²) in [6.07, 6.45) is 4.44. The van der Waals surface area contributed by atoms with Gasteiger partial charge in [-0.25, -0.2) is 18.4 Å². The van der Waals surface area contributed by atoms with E-state index in [1.165, 1.54) is 44.2 Å². The second-order valence-electron chi connectivity index (χ2n) is 15.5. The second kappa shape index (κ2) is 21.8. The number of nitrogens with one attached hydrogen (secondary N) is 1. The van der Waals surface area contributed by atoms with Gasteiger partial charge in [-0.15, -0.1) is 0 Å². The normalized spacial score (nSPS) is 15.2. The smallest absolute Gasteiger partial charge is 0.475 e. The number of carboxylic acids is 1. The first kappa shape index (κ1) is 46.5. The molecule has 10 nitrogen and oxygen atoms in total. The van der Waals surface area contributed by atoms with Crippen molar-refractivity contribution in [3.8, 4) is 11.1 Å². The van der Waals surface area contributed by atoms with Gasteiger partial charge in [0.05, 0.1) is 11.3 Å². The number of hydrogen-bond donors (Lipinski definition) is 3. The van der Waals surface area contributed by atoms with Gasteiger partial charge in [0, 0.05) is 36.2 Å². The van der Waals surface area contributed by atoms with Crippen molar-refractivity contribution in [2.45, 2.75) is 75.4 Å². The van der Waals surface area contributed by atoms with Crippen molar-refractivity contribution in [2.75, 3.05) is 32.7 Å². The maximum Gasteiger partial charge on any atom is 0.490 e. The molecule has 2 amide bonds. The fourth-order valence-corrected chi connectivity index (χ4v) is 8.44. The molecule has 0 unspecified atom stereocenters. The van der Waals surface area contributed by atoms with Gasteiger partial charge in [0.2, 0.25) is 15.9 Å². The van der Waals surface area contributed by atoms with E-state index in [1.807, 2.05) is 76.5 Å². The van der Waals surface area contributed by atoms with Crippen LogP contribution < -0.4 is 10.5 Å². The van der Waals surface area contributed by atoms with Crippen molar-refractivity contribution in [1.29, 1.82) is 0 Å². The molecule has 6 rings (SSSR count). The first-order chi connectivity index (χ1) is 28.5. The number of halogens is 4. The van der Waals surface area contributed by atoms with E-state index in [0.29, 0.717) is 31.0 Å². The zero-order valence-corrected chi connectivity index (χ0v) is 35.8. The summed E-state index contributed by atoms with van der Waals surface area (Å²) in [7, 11) is -3.78. The van der Waals surface area contributed by atoms with Gasteiger partial charge in [-0.3, -0.25) is 9.59 Å². The molecule has 0 bridgehead atoms. The van der Waals surface area contributed by atoms with Crippen LogP contribution in [0.4, 0.5) is 13.2 Å². The van der Waals surface area contributed by atoms with E-state index in [2.05, 4.69) is 27.3 Å². The molecule has 0 spiro atoms. The fourth-order valence-electron chi connectivity index (χ4n) is 7.66. The number of carboxylic acid groups (broad SMARTS) is 1. The molecule has 4 aromatic rings. The van der Waals surface area contributed by atoms with E-state index in [1.54, 1.807) is 12.1 Å². The van der Waals surface area contributed by atoms with Gasteiger partial charge in [0.15, 0.2) is 0 Å². The number of benzene rings is 4. The zero-order chi connectivity index (χ0) is 43.3. The van der Waals surface area contributed by atoms with E-state index in [4.69, 9.17) is 15.0 Å². The number of nitrogens with zero attached hydrogens (tertiary/aromatic N) is 2. The van der Waals surface area contributed by atoms with E-state index in [0.717, 1.165) is 77.2 Å². The molecule has 0 saturated carbocycles. The van der Waals surface area contributed by atoms with Crippen LogP contribution in [-0.4, -0.2) is 80.0 Å². The summed E-state index contributed by atoms with van der Waals surface area (Å²) in [5.41, 5.74) is 5.47. The van der Waals surface area contributed by atoms with E-state index < -0.39 is 22.2 Å². The first-order valence-corrected chi connectivity index (χ1v) is 22.5. The van der Waals surface area contributed by atoms with Crippen molar-refractivity contribution in [2.24, 2.45) is 17.0 Å². The standard InChI is InChI=1S/C43H51BrN4O4S.C2HF3O2/c44-40-14-10-35(11-15-40)29-42(49)48(27-22-34-12-16-41(17-13-34)53(45,51)52)31-36-6-2-7-37(28-36)38-8-3-9-39(30-38)43(50)47-25-20-33(21-26-47)5-1-4-32-18-23-46-24-19-32;3-2(4,5)1(6)7/h2-3,6-17,28,30,32-33,46H,1,4-5,18-27,29,31H2,(H2,45,51,52);(H,6,7). The number of sulfonamides is 1. The molecule has 60 heavy (non-hydrogen) atoms. The molecule has 0 atom stereocenters. The minimum Gasteiger partial charge on any atom is -0.475 e. The van der Waals surface area contributed by atoms with Gasteiger partial charge in [-0.2, -0.15) is 13.2 Å². The quantitative estimate of drug-likeness (QED) is 0.115. The van der Waals surface area contributed by atoms with E-state index >= 15 is 0 Å². The highest BCUT2D eigenvalue weighted by Gasteiger charge is 2.38. The van der Waals surface area contributed by atoms with Crippen LogP contribution in [-0.2, 0) is 39.0 Å². The third kappa shape index (κ3) is 14.6.